The number of piperidine rings is 1. The van der Waals surface area contributed by atoms with E-state index in [0.717, 1.165) is 19.3 Å². The number of nitrogens with zero attached hydrogens (tertiary/aromatic N) is 1. The Hall–Kier alpha value is -2.13. The van der Waals surface area contributed by atoms with Gasteiger partial charge in [-0.1, -0.05) is 13.0 Å². The maximum absolute atomic E-state index is 13.3. The molecule has 0 bridgehead atoms. The molecule has 1 saturated heterocycles. The minimum atomic E-state index is -3.66. The van der Waals surface area contributed by atoms with Crippen LogP contribution >= 0.6 is 0 Å². The number of sulfonamides is 1. The Morgan fingerprint density at radius 1 is 1.23 bits per heavy atom. The number of hydrogen-bond acceptors (Lipinski definition) is 5. The SMILES string of the molecule is CCNS(=O)(=O)c1ccc(C)c(C(=O)N2CCCCC2CNC(=O)OC(C)(C)C)c1. The van der Waals surface area contributed by atoms with Gasteiger partial charge in [-0.25, -0.2) is 17.9 Å². The predicted molar refractivity (Wildman–Crippen MR) is 115 cm³/mol. The standard InChI is InChI=1S/C21H33N3O5S/c1-6-23-30(27,28)17-11-10-15(2)18(13-17)19(25)24-12-8-7-9-16(24)14-22-20(26)29-21(3,4)5/h10-11,13,16,23H,6-9,12,14H2,1-5H3,(H,22,26). The first kappa shape index (κ1) is 24.1. The highest BCUT2D eigenvalue weighted by Gasteiger charge is 2.30. The van der Waals surface area contributed by atoms with Gasteiger partial charge in [0.15, 0.2) is 0 Å². The van der Waals surface area contributed by atoms with Crippen LogP contribution in [0.5, 0.6) is 0 Å². The molecule has 0 saturated carbocycles. The van der Waals surface area contributed by atoms with Crippen molar-refractivity contribution in [3.05, 3.63) is 29.3 Å². The van der Waals surface area contributed by atoms with Gasteiger partial charge in [-0.15, -0.1) is 0 Å². The van der Waals surface area contributed by atoms with Crippen molar-refractivity contribution in [1.29, 1.82) is 0 Å². The Labute approximate surface area is 179 Å². The molecule has 0 aliphatic carbocycles. The van der Waals surface area contributed by atoms with Crippen molar-refractivity contribution in [2.24, 2.45) is 0 Å². The number of carbonyl (C=O) groups is 2. The summed E-state index contributed by atoms with van der Waals surface area (Å²) in [4.78, 5) is 27.1. The molecular formula is C21H33N3O5S. The Kier molecular flexibility index (Phi) is 7.87. The van der Waals surface area contributed by atoms with Gasteiger partial charge in [0.05, 0.1) is 4.90 Å². The van der Waals surface area contributed by atoms with E-state index in [2.05, 4.69) is 10.0 Å². The van der Waals surface area contributed by atoms with E-state index in [0.29, 0.717) is 17.7 Å². The lowest BCUT2D eigenvalue weighted by atomic mass is 9.99. The van der Waals surface area contributed by atoms with Crippen molar-refractivity contribution in [2.45, 2.75) is 70.4 Å². The van der Waals surface area contributed by atoms with E-state index >= 15 is 0 Å². The smallest absolute Gasteiger partial charge is 0.407 e. The number of hydrogen-bond donors (Lipinski definition) is 2. The maximum Gasteiger partial charge on any atom is 0.407 e. The van der Waals surface area contributed by atoms with Crippen LogP contribution in [0, 0.1) is 6.92 Å². The average molecular weight is 440 g/mol. The Balaban J connectivity index is 2.20. The fourth-order valence-electron chi connectivity index (χ4n) is 3.42. The molecule has 1 unspecified atom stereocenters. The molecule has 168 valence electrons. The molecule has 1 aliphatic heterocycles. The predicted octanol–water partition coefficient (Wildman–Crippen LogP) is 2.81. The summed E-state index contributed by atoms with van der Waals surface area (Å²) in [5.74, 6) is -0.225. The van der Waals surface area contributed by atoms with Gasteiger partial charge in [-0.2, -0.15) is 0 Å². The maximum atomic E-state index is 13.3. The van der Waals surface area contributed by atoms with Crippen LogP contribution in [0.25, 0.3) is 0 Å². The van der Waals surface area contributed by atoms with E-state index in [4.69, 9.17) is 4.74 Å². The van der Waals surface area contributed by atoms with E-state index in [1.807, 2.05) is 0 Å². The van der Waals surface area contributed by atoms with Crippen molar-refractivity contribution in [2.75, 3.05) is 19.6 Å². The number of alkyl carbamates (subject to hydrolysis) is 1. The van der Waals surface area contributed by atoms with Crippen LogP contribution in [-0.2, 0) is 14.8 Å². The summed E-state index contributed by atoms with van der Waals surface area (Å²) in [7, 11) is -3.66. The number of carbonyl (C=O) groups excluding carboxylic acids is 2. The fourth-order valence-corrected chi connectivity index (χ4v) is 4.49. The molecule has 1 aromatic rings. The minimum Gasteiger partial charge on any atom is -0.444 e. The molecule has 1 aliphatic rings. The van der Waals surface area contributed by atoms with Gasteiger partial charge in [0.1, 0.15) is 5.60 Å². The zero-order valence-electron chi connectivity index (χ0n) is 18.4. The molecule has 2 N–H and O–H groups in total. The summed E-state index contributed by atoms with van der Waals surface area (Å²) in [5.41, 5.74) is 0.472. The molecule has 0 spiro atoms. The first-order valence-corrected chi connectivity index (χ1v) is 11.8. The van der Waals surface area contributed by atoms with E-state index in [1.54, 1.807) is 45.6 Å². The third-order valence-electron chi connectivity index (χ3n) is 4.85. The highest BCUT2D eigenvalue weighted by atomic mass is 32.2. The molecule has 9 heteroatoms. The first-order valence-electron chi connectivity index (χ1n) is 10.3. The van der Waals surface area contributed by atoms with Crippen molar-refractivity contribution in [1.82, 2.24) is 14.9 Å². The molecule has 2 rings (SSSR count). The second kappa shape index (κ2) is 9.78. The van der Waals surface area contributed by atoms with E-state index < -0.39 is 21.7 Å². The van der Waals surface area contributed by atoms with E-state index in [-0.39, 0.29) is 29.9 Å². The second-order valence-electron chi connectivity index (χ2n) is 8.51. The molecule has 2 amide bonds. The molecule has 1 aromatic carbocycles. The summed E-state index contributed by atoms with van der Waals surface area (Å²) < 4.78 is 32.4. The monoisotopic (exact) mass is 439 g/mol. The van der Waals surface area contributed by atoms with Gasteiger partial charge in [0.25, 0.3) is 5.91 Å². The Morgan fingerprint density at radius 2 is 1.93 bits per heavy atom. The molecule has 8 nitrogen and oxygen atoms in total. The summed E-state index contributed by atoms with van der Waals surface area (Å²) in [6, 6.07) is 4.41. The number of amides is 2. The van der Waals surface area contributed by atoms with Crippen molar-refractivity contribution >= 4 is 22.0 Å². The summed E-state index contributed by atoms with van der Waals surface area (Å²) in [6.07, 6.45) is 2.06. The third-order valence-corrected chi connectivity index (χ3v) is 6.40. The van der Waals surface area contributed by atoms with Gasteiger partial charge in [-0.05, 0) is 64.7 Å². The summed E-state index contributed by atoms with van der Waals surface area (Å²) in [6.45, 7) is 9.98. The molecule has 0 aromatic heterocycles. The molecule has 1 fully saturated rings. The topological polar surface area (TPSA) is 105 Å². The molecule has 30 heavy (non-hydrogen) atoms. The average Bonchev–Trinajstić information content (AvgIpc) is 2.65. The molecule has 0 radical (unpaired) electrons. The van der Waals surface area contributed by atoms with Crippen molar-refractivity contribution < 1.29 is 22.7 Å². The van der Waals surface area contributed by atoms with Crippen LogP contribution in [0.3, 0.4) is 0 Å². The van der Waals surface area contributed by atoms with Crippen LogP contribution in [0.15, 0.2) is 23.1 Å². The zero-order valence-corrected chi connectivity index (χ0v) is 19.3. The minimum absolute atomic E-state index is 0.0683. The highest BCUT2D eigenvalue weighted by molar-refractivity contribution is 7.89. The second-order valence-corrected chi connectivity index (χ2v) is 10.3. The normalized spacial score (nSPS) is 17.5. The number of ether oxygens (including phenoxy) is 1. The van der Waals surface area contributed by atoms with Crippen molar-refractivity contribution in [3.8, 4) is 0 Å². The lowest BCUT2D eigenvalue weighted by molar-refractivity contribution is 0.0462. The third kappa shape index (κ3) is 6.43. The van der Waals surface area contributed by atoms with Gasteiger partial charge < -0.3 is 15.0 Å². The fraction of sp³-hybridized carbons (Fsp3) is 0.619. The molecule has 1 atom stereocenters. The van der Waals surface area contributed by atoms with E-state index in [1.165, 1.54) is 12.1 Å². The number of aryl methyl sites for hydroxylation is 1. The Bertz CT molecular complexity index is 877. The van der Waals surface area contributed by atoms with Crippen LogP contribution in [0.2, 0.25) is 0 Å². The lowest BCUT2D eigenvalue weighted by Crippen LogP contribution is -2.50. The summed E-state index contributed by atoms with van der Waals surface area (Å²) in [5, 5.41) is 2.75. The van der Waals surface area contributed by atoms with Gasteiger partial charge in [-0.3, -0.25) is 4.79 Å². The first-order chi connectivity index (χ1) is 13.9. The number of likely N-dealkylation sites (tertiary alicyclic amines) is 1. The molecule has 1 heterocycles. The zero-order chi connectivity index (χ0) is 22.5. The lowest BCUT2D eigenvalue weighted by Gasteiger charge is -2.36. The van der Waals surface area contributed by atoms with E-state index in [9.17, 15) is 18.0 Å². The van der Waals surface area contributed by atoms with Crippen molar-refractivity contribution in [3.63, 3.8) is 0 Å². The van der Waals surface area contributed by atoms with Gasteiger partial charge >= 0.3 is 6.09 Å². The van der Waals surface area contributed by atoms with Gasteiger partial charge in [0.2, 0.25) is 10.0 Å². The highest BCUT2D eigenvalue weighted by Crippen LogP contribution is 2.23. The van der Waals surface area contributed by atoms with Gasteiger partial charge in [0, 0.05) is 31.2 Å². The number of benzene rings is 1. The number of nitrogens with one attached hydrogen (secondary N) is 2. The van der Waals surface area contributed by atoms with Crippen LogP contribution in [-0.4, -0.2) is 56.6 Å². The quantitative estimate of drug-likeness (QED) is 0.709. The number of rotatable bonds is 6. The van der Waals surface area contributed by atoms with Crippen LogP contribution < -0.4 is 10.0 Å². The molecular weight excluding hydrogens is 406 g/mol. The summed E-state index contributed by atoms with van der Waals surface area (Å²) >= 11 is 0. The van der Waals surface area contributed by atoms with Crippen LogP contribution in [0.4, 0.5) is 4.79 Å². The largest absolute Gasteiger partial charge is 0.444 e. The Morgan fingerprint density at radius 3 is 2.57 bits per heavy atom. The van der Waals surface area contributed by atoms with Crippen LogP contribution in [0.1, 0.15) is 62.9 Å².